The Labute approximate surface area is 435 Å². The van der Waals surface area contributed by atoms with Gasteiger partial charge in [0, 0.05) is 18.1 Å². The smallest absolute Gasteiger partial charge is 0.164 e. The summed E-state index contributed by atoms with van der Waals surface area (Å²) in [4.78, 5) is 0. The largest absolute Gasteiger partial charge is 0.378 e. The zero-order chi connectivity index (χ0) is 50.5. The van der Waals surface area contributed by atoms with Crippen molar-refractivity contribution in [2.45, 2.75) is 235 Å². The molecule has 1 saturated heterocycles. The van der Waals surface area contributed by atoms with Crippen molar-refractivity contribution in [2.75, 3.05) is 13.1 Å². The number of hydrogen-bond acceptors (Lipinski definition) is 7. The molecule has 1 aliphatic heterocycles. The first-order valence-electron chi connectivity index (χ1n) is 29.3. The fourth-order valence-corrected chi connectivity index (χ4v) is 14.2. The molecule has 72 heavy (non-hydrogen) atoms. The molecule has 9 rings (SSSR count). The maximum Gasteiger partial charge on any atom is 0.164 e. The zero-order valence-electron chi connectivity index (χ0n) is 45.2. The van der Waals surface area contributed by atoms with Crippen molar-refractivity contribution in [3.8, 4) is 0 Å². The Morgan fingerprint density at radius 1 is 0.486 bits per heavy atom. The van der Waals surface area contributed by atoms with Crippen LogP contribution >= 0.6 is 0 Å². The average Bonchev–Trinajstić information content (AvgIpc) is 3.77. The van der Waals surface area contributed by atoms with Gasteiger partial charge >= 0.3 is 0 Å². The van der Waals surface area contributed by atoms with E-state index < -0.39 is 29.2 Å². The summed E-state index contributed by atoms with van der Waals surface area (Å²) in [6, 6.07) is 36.5. The maximum atomic E-state index is 14.1. The first-order chi connectivity index (χ1) is 34.8. The van der Waals surface area contributed by atoms with Crippen LogP contribution in [0.5, 0.6) is 0 Å². The third kappa shape index (κ3) is 11.7. The fraction of sp³-hybridized carbons (Fsp3) is 0.631. The van der Waals surface area contributed by atoms with E-state index in [0.717, 1.165) is 112 Å². The topological polar surface area (TPSA) is 109 Å². The molecule has 4 aromatic carbocycles. The molecule has 5 aliphatic rings. The standard InChI is InChI=1S/C65H93N3O4/c1-7-42-67-58-38-26-51(27-39-58)49-22-34-56(35-23-49)65(70,57-36-24-50(25-37-57)52-28-40-59(41-29-52)68-43-8-2)62-61(71-63(5,6)72-62)64(69,54-30-18-47(19-31-54)45-12-10-44(4)11-13-45)55-32-20-48(21-33-55)46-14-16-53(17-15-46)60(66)9-3/h18-25,30-37,44-46,51-53,58-62,67-70H,7-17,26-29,38-43,66H2,1-6H3/t44?,45?,46?,51?,52?,53?,58?,59?,60?,61-,62-,64?,65?/m1/s1. The third-order valence-corrected chi connectivity index (χ3v) is 18.9. The molecule has 4 aliphatic carbocycles. The molecule has 1 heterocycles. The van der Waals surface area contributed by atoms with Crippen LogP contribution in [0, 0.1) is 11.8 Å². The van der Waals surface area contributed by atoms with Gasteiger partial charge in [0.05, 0.1) is 0 Å². The van der Waals surface area contributed by atoms with Gasteiger partial charge in [-0.1, -0.05) is 138 Å². The van der Waals surface area contributed by atoms with Gasteiger partial charge in [0.15, 0.2) is 5.79 Å². The van der Waals surface area contributed by atoms with Crippen LogP contribution in [-0.2, 0) is 20.7 Å². The summed E-state index contributed by atoms with van der Waals surface area (Å²) in [5.74, 6) is 2.16. The Morgan fingerprint density at radius 3 is 1.07 bits per heavy atom. The molecule has 4 atom stereocenters. The number of benzene rings is 4. The minimum absolute atomic E-state index is 0.271. The summed E-state index contributed by atoms with van der Waals surface area (Å²) in [6.07, 6.45) is 20.1. The van der Waals surface area contributed by atoms with Crippen molar-refractivity contribution in [3.05, 3.63) is 142 Å². The van der Waals surface area contributed by atoms with Crippen LogP contribution < -0.4 is 16.4 Å². The highest BCUT2D eigenvalue weighted by atomic mass is 16.8. The van der Waals surface area contributed by atoms with E-state index in [1.807, 2.05) is 13.8 Å². The summed E-state index contributed by atoms with van der Waals surface area (Å²) < 4.78 is 14.3. The molecule has 0 spiro atoms. The second kappa shape index (κ2) is 23.6. The quantitative estimate of drug-likeness (QED) is 0.0676. The number of hydrogen-bond donors (Lipinski definition) is 5. The van der Waals surface area contributed by atoms with E-state index in [1.165, 1.54) is 73.6 Å². The van der Waals surface area contributed by atoms with Gasteiger partial charge in [-0.15, -0.1) is 0 Å². The van der Waals surface area contributed by atoms with Crippen LogP contribution in [0.1, 0.15) is 232 Å². The second-order valence-electron chi connectivity index (χ2n) is 24.1. The van der Waals surface area contributed by atoms with Crippen LogP contribution in [-0.4, -0.2) is 59.4 Å². The number of aliphatic hydroxyl groups is 2. The molecule has 5 fully saturated rings. The van der Waals surface area contributed by atoms with Crippen molar-refractivity contribution < 1.29 is 19.7 Å². The molecule has 0 aromatic heterocycles. The van der Waals surface area contributed by atoms with Gasteiger partial charge in [0.2, 0.25) is 0 Å². The van der Waals surface area contributed by atoms with Gasteiger partial charge < -0.3 is 36.1 Å². The van der Waals surface area contributed by atoms with E-state index in [0.29, 0.717) is 41.7 Å². The minimum Gasteiger partial charge on any atom is -0.378 e. The highest BCUT2D eigenvalue weighted by Crippen LogP contribution is 2.52. The number of rotatable bonds is 18. The lowest BCUT2D eigenvalue weighted by atomic mass is 9.70. The van der Waals surface area contributed by atoms with E-state index in [2.05, 4.69) is 135 Å². The summed E-state index contributed by atoms with van der Waals surface area (Å²) in [5, 5.41) is 35.8. The summed E-state index contributed by atoms with van der Waals surface area (Å²) >= 11 is 0. The Bertz CT molecular complexity index is 2190. The molecular weight excluding hydrogens is 887 g/mol. The van der Waals surface area contributed by atoms with E-state index in [1.54, 1.807) is 0 Å². The lowest BCUT2D eigenvalue weighted by Crippen LogP contribution is -2.55. The Kier molecular flexibility index (Phi) is 17.5. The Balaban J connectivity index is 1.09. The highest BCUT2D eigenvalue weighted by Gasteiger charge is 2.61. The van der Waals surface area contributed by atoms with Crippen molar-refractivity contribution in [1.29, 1.82) is 0 Å². The highest BCUT2D eigenvalue weighted by molar-refractivity contribution is 5.46. The first kappa shape index (κ1) is 53.4. The molecule has 0 amide bonds. The van der Waals surface area contributed by atoms with Gasteiger partial charge in [-0.05, 0) is 216 Å². The molecule has 4 saturated carbocycles. The van der Waals surface area contributed by atoms with Crippen molar-refractivity contribution >= 4 is 0 Å². The van der Waals surface area contributed by atoms with Gasteiger partial charge in [-0.25, -0.2) is 0 Å². The van der Waals surface area contributed by atoms with Crippen LogP contribution in [0.2, 0.25) is 0 Å². The van der Waals surface area contributed by atoms with Crippen molar-refractivity contribution in [1.82, 2.24) is 10.6 Å². The SMILES string of the molecule is CCCNC1CCC(c2ccc(C(O)(c3ccc(C4CCC(NCCC)CC4)cc3)[C@@H]3OC(C)(C)O[C@H]3C(O)(c3ccc(C4CCC(C)CC4)cc3)c3ccc(C4CCC(C(N)CC)CC4)cc3)cc2)CC1. The summed E-state index contributed by atoms with van der Waals surface area (Å²) in [7, 11) is 0. The van der Waals surface area contributed by atoms with E-state index in [-0.39, 0.29) is 6.04 Å². The van der Waals surface area contributed by atoms with E-state index in [9.17, 15) is 10.2 Å². The number of nitrogens with two attached hydrogens (primary N) is 1. The number of nitrogens with one attached hydrogen (secondary N) is 2. The van der Waals surface area contributed by atoms with Crippen LogP contribution in [0.4, 0.5) is 0 Å². The lowest BCUT2D eigenvalue weighted by Gasteiger charge is -2.43. The first-order valence-corrected chi connectivity index (χ1v) is 29.3. The maximum absolute atomic E-state index is 14.1. The molecule has 0 bridgehead atoms. The van der Waals surface area contributed by atoms with Gasteiger partial charge in [-0.3, -0.25) is 0 Å². The van der Waals surface area contributed by atoms with E-state index in [4.69, 9.17) is 15.2 Å². The van der Waals surface area contributed by atoms with Crippen LogP contribution in [0.15, 0.2) is 97.1 Å². The summed E-state index contributed by atoms with van der Waals surface area (Å²) in [6.45, 7) is 15.1. The molecule has 0 radical (unpaired) electrons. The normalized spacial score (nSPS) is 31.1. The number of ether oxygens (including phenoxy) is 2. The molecule has 7 heteroatoms. The van der Waals surface area contributed by atoms with Gasteiger partial charge in [-0.2, -0.15) is 0 Å². The summed E-state index contributed by atoms with van der Waals surface area (Å²) in [5.41, 5.74) is 11.4. The molecule has 7 nitrogen and oxygen atoms in total. The van der Waals surface area contributed by atoms with Crippen molar-refractivity contribution in [3.63, 3.8) is 0 Å². The van der Waals surface area contributed by atoms with Gasteiger partial charge in [0.25, 0.3) is 0 Å². The second-order valence-corrected chi connectivity index (χ2v) is 24.1. The van der Waals surface area contributed by atoms with Gasteiger partial charge in [0.1, 0.15) is 23.4 Å². The lowest BCUT2D eigenvalue weighted by molar-refractivity contribution is -0.172. The van der Waals surface area contributed by atoms with Crippen LogP contribution in [0.3, 0.4) is 0 Å². The molecule has 6 N–H and O–H groups in total. The van der Waals surface area contributed by atoms with Crippen molar-refractivity contribution in [2.24, 2.45) is 17.6 Å². The predicted octanol–water partition coefficient (Wildman–Crippen LogP) is 13.7. The zero-order valence-corrected chi connectivity index (χ0v) is 45.2. The molecule has 2 unspecified atom stereocenters. The Hall–Kier alpha value is -3.40. The molecule has 392 valence electrons. The third-order valence-electron chi connectivity index (χ3n) is 18.9. The predicted molar refractivity (Wildman–Crippen MR) is 296 cm³/mol. The molecule has 4 aromatic rings. The Morgan fingerprint density at radius 2 is 0.778 bits per heavy atom. The monoisotopic (exact) mass is 980 g/mol. The molecular formula is C65H93N3O4. The van der Waals surface area contributed by atoms with E-state index >= 15 is 0 Å². The average molecular weight is 980 g/mol. The fourth-order valence-electron chi connectivity index (χ4n) is 14.2. The van der Waals surface area contributed by atoms with Crippen LogP contribution in [0.25, 0.3) is 0 Å². The minimum atomic E-state index is -1.69.